The first-order chi connectivity index (χ1) is 9.05. The number of unbranched alkanes of at least 4 members (excludes halogenated alkanes) is 1. The molecule has 118 valence electrons. The van der Waals surface area contributed by atoms with Crippen molar-refractivity contribution < 1.29 is 19.9 Å². The van der Waals surface area contributed by atoms with E-state index >= 15 is 0 Å². The lowest BCUT2D eigenvalue weighted by Crippen LogP contribution is -2.26. The molecule has 20 heavy (non-hydrogen) atoms. The molecule has 2 atom stereocenters. The van der Waals surface area contributed by atoms with Crippen LogP contribution in [-0.2, 0) is 9.68 Å². The van der Waals surface area contributed by atoms with Crippen molar-refractivity contribution in [3.8, 4) is 0 Å². The first kappa shape index (κ1) is 20.6. The lowest BCUT2D eigenvalue weighted by Gasteiger charge is -2.15. The Bertz CT molecular complexity index is 298. The largest absolute Gasteiger partial charge is 0.359 e. The number of halogens is 6. The molecule has 12 heteroatoms. The highest BCUT2D eigenvalue weighted by molar-refractivity contribution is 6.68. The average Bonchev–Trinajstić information content (AvgIpc) is 2.29. The van der Waals surface area contributed by atoms with Gasteiger partial charge >= 0.3 is 0 Å². The van der Waals surface area contributed by atoms with E-state index in [1.54, 1.807) is 0 Å². The SMILES string of the molecule is OC(O/N=C\CC/C=N\OC(O)C(Cl)(Cl)Cl)C(Cl)(Cl)Cl. The molecule has 0 aromatic carbocycles. The van der Waals surface area contributed by atoms with Gasteiger partial charge in [0.1, 0.15) is 0 Å². The number of oxime groups is 2. The summed E-state index contributed by atoms with van der Waals surface area (Å²) in [5.41, 5.74) is 0. The third-order valence-corrected chi connectivity index (χ3v) is 2.58. The zero-order valence-corrected chi connectivity index (χ0v) is 14.1. The summed E-state index contributed by atoms with van der Waals surface area (Å²) in [6.07, 6.45) is 0.000972. The van der Waals surface area contributed by atoms with Crippen molar-refractivity contribution in [1.82, 2.24) is 0 Å². The second-order valence-electron chi connectivity index (χ2n) is 3.15. The van der Waals surface area contributed by atoms with Crippen molar-refractivity contribution >= 4 is 82.0 Å². The Labute approximate surface area is 145 Å². The summed E-state index contributed by atoms with van der Waals surface area (Å²) in [4.78, 5) is 8.91. The van der Waals surface area contributed by atoms with E-state index in [1.807, 2.05) is 0 Å². The Kier molecular flexibility index (Phi) is 9.87. The van der Waals surface area contributed by atoms with Gasteiger partial charge in [-0.1, -0.05) is 79.9 Å². The highest BCUT2D eigenvalue weighted by atomic mass is 35.6. The number of rotatable bonds is 7. The van der Waals surface area contributed by atoms with Gasteiger partial charge in [-0.05, 0) is 12.8 Å². The van der Waals surface area contributed by atoms with Crippen LogP contribution >= 0.6 is 69.6 Å². The Morgan fingerprint density at radius 2 is 1.10 bits per heavy atom. The molecule has 0 aliphatic heterocycles. The highest BCUT2D eigenvalue weighted by Gasteiger charge is 2.33. The molecule has 0 heterocycles. The Morgan fingerprint density at radius 1 is 0.800 bits per heavy atom. The van der Waals surface area contributed by atoms with Crippen molar-refractivity contribution in [2.24, 2.45) is 10.3 Å². The molecule has 0 aromatic rings. The summed E-state index contributed by atoms with van der Waals surface area (Å²) in [7, 11) is 0. The van der Waals surface area contributed by atoms with Crippen LogP contribution < -0.4 is 0 Å². The first-order valence-corrected chi connectivity index (χ1v) is 7.16. The molecular formula is C8H10Cl6N2O4. The third-order valence-electron chi connectivity index (χ3n) is 1.46. The summed E-state index contributed by atoms with van der Waals surface area (Å²) in [5, 5.41) is 25.0. The van der Waals surface area contributed by atoms with Crippen molar-refractivity contribution in [2.45, 2.75) is 33.0 Å². The molecule has 6 nitrogen and oxygen atoms in total. The summed E-state index contributed by atoms with van der Waals surface area (Å²) in [6, 6.07) is 0. The van der Waals surface area contributed by atoms with Crippen LogP contribution in [0.4, 0.5) is 0 Å². The number of aliphatic hydroxyl groups is 2. The number of nitrogens with zero attached hydrogens (tertiary/aromatic N) is 2. The monoisotopic (exact) mass is 408 g/mol. The van der Waals surface area contributed by atoms with E-state index < -0.39 is 20.2 Å². The topological polar surface area (TPSA) is 83.6 Å². The quantitative estimate of drug-likeness (QED) is 0.222. The van der Waals surface area contributed by atoms with Gasteiger partial charge in [0.2, 0.25) is 0 Å². The van der Waals surface area contributed by atoms with Gasteiger partial charge in [-0.25, -0.2) is 0 Å². The molecule has 0 radical (unpaired) electrons. The van der Waals surface area contributed by atoms with Crippen LogP contribution in [0.1, 0.15) is 12.8 Å². The number of hydrogen-bond donors (Lipinski definition) is 2. The molecule has 0 saturated heterocycles. The maximum atomic E-state index is 9.12. The zero-order chi connectivity index (χ0) is 15.8. The maximum Gasteiger partial charge on any atom is 0.272 e. The smallest absolute Gasteiger partial charge is 0.272 e. The second-order valence-corrected chi connectivity index (χ2v) is 7.89. The van der Waals surface area contributed by atoms with E-state index in [2.05, 4.69) is 20.0 Å². The Morgan fingerprint density at radius 3 is 1.35 bits per heavy atom. The fourth-order valence-electron chi connectivity index (χ4n) is 0.575. The van der Waals surface area contributed by atoms with Gasteiger partial charge < -0.3 is 19.9 Å². The molecule has 0 bridgehead atoms. The average molecular weight is 411 g/mol. The first-order valence-electron chi connectivity index (χ1n) is 4.90. The number of hydrogen-bond acceptors (Lipinski definition) is 6. The van der Waals surface area contributed by atoms with Crippen LogP contribution in [0.25, 0.3) is 0 Å². The van der Waals surface area contributed by atoms with Gasteiger partial charge in [0, 0.05) is 12.4 Å². The predicted octanol–water partition coefficient (Wildman–Crippen LogP) is 3.15. The molecule has 0 aromatic heterocycles. The van der Waals surface area contributed by atoms with Crippen molar-refractivity contribution in [3.05, 3.63) is 0 Å². The fourth-order valence-corrected chi connectivity index (χ4v) is 0.814. The van der Waals surface area contributed by atoms with Crippen molar-refractivity contribution in [1.29, 1.82) is 0 Å². The van der Waals surface area contributed by atoms with Gasteiger partial charge in [0.05, 0.1) is 0 Å². The summed E-state index contributed by atoms with van der Waals surface area (Å²) < 4.78 is -3.97. The normalized spacial score (nSPS) is 16.6. The summed E-state index contributed by atoms with van der Waals surface area (Å²) in [6.45, 7) is 0. The molecule has 2 N–H and O–H groups in total. The molecule has 0 saturated carbocycles. The second kappa shape index (κ2) is 9.58. The van der Waals surface area contributed by atoms with E-state index in [9.17, 15) is 0 Å². The number of aliphatic hydroxyl groups excluding tert-OH is 2. The van der Waals surface area contributed by atoms with Crippen molar-refractivity contribution in [2.75, 3.05) is 0 Å². The van der Waals surface area contributed by atoms with Gasteiger partial charge in [0.25, 0.3) is 20.2 Å². The van der Waals surface area contributed by atoms with Gasteiger partial charge in [-0.15, -0.1) is 0 Å². The lowest BCUT2D eigenvalue weighted by atomic mass is 10.4. The molecule has 0 aliphatic rings. The van der Waals surface area contributed by atoms with Crippen LogP contribution in [-0.4, -0.2) is 42.8 Å². The molecule has 0 aliphatic carbocycles. The predicted molar refractivity (Wildman–Crippen MR) is 81.0 cm³/mol. The van der Waals surface area contributed by atoms with Gasteiger partial charge in [-0.3, -0.25) is 0 Å². The molecule has 2 unspecified atom stereocenters. The van der Waals surface area contributed by atoms with Crippen LogP contribution in [0.5, 0.6) is 0 Å². The highest BCUT2D eigenvalue weighted by Crippen LogP contribution is 2.31. The van der Waals surface area contributed by atoms with E-state index in [0.29, 0.717) is 12.8 Å². The molecule has 0 rings (SSSR count). The Balaban J connectivity index is 3.77. The third kappa shape index (κ3) is 10.3. The standard InChI is InChI=1S/C8H10Cl6N2O4/c9-7(10,11)5(17)19-15-3-1-2-4-16-20-6(18)8(12,13)14/h3-6,17-18H,1-2H2/b15-3-,16-4-. The van der Waals surface area contributed by atoms with Crippen LogP contribution in [0.2, 0.25) is 0 Å². The van der Waals surface area contributed by atoms with E-state index in [1.165, 1.54) is 12.4 Å². The lowest BCUT2D eigenvalue weighted by molar-refractivity contribution is -0.0943. The van der Waals surface area contributed by atoms with E-state index in [4.69, 9.17) is 79.8 Å². The van der Waals surface area contributed by atoms with Crippen LogP contribution in [0, 0.1) is 0 Å². The Hall–Kier alpha value is 0.600. The summed E-state index contributed by atoms with van der Waals surface area (Å²) >= 11 is 31.9. The molecule has 0 amide bonds. The van der Waals surface area contributed by atoms with E-state index in [0.717, 1.165) is 0 Å². The molecular weight excluding hydrogens is 401 g/mol. The minimum absolute atomic E-state index is 0.378. The molecule has 0 spiro atoms. The summed E-state index contributed by atoms with van der Waals surface area (Å²) in [5.74, 6) is 0. The van der Waals surface area contributed by atoms with Gasteiger partial charge in [-0.2, -0.15) is 0 Å². The van der Waals surface area contributed by atoms with Crippen molar-refractivity contribution in [3.63, 3.8) is 0 Å². The van der Waals surface area contributed by atoms with Crippen LogP contribution in [0.3, 0.4) is 0 Å². The molecule has 0 fully saturated rings. The fraction of sp³-hybridized carbons (Fsp3) is 0.750. The van der Waals surface area contributed by atoms with Crippen LogP contribution in [0.15, 0.2) is 10.3 Å². The minimum Gasteiger partial charge on any atom is -0.359 e. The van der Waals surface area contributed by atoms with E-state index in [-0.39, 0.29) is 0 Å². The zero-order valence-electron chi connectivity index (χ0n) is 9.60. The minimum atomic E-state index is -1.99. The van der Waals surface area contributed by atoms with Gasteiger partial charge in [0.15, 0.2) is 0 Å². The maximum absolute atomic E-state index is 9.12. The number of alkyl halides is 6.